The van der Waals surface area contributed by atoms with Gasteiger partial charge in [0.05, 0.1) is 5.92 Å². The zero-order chi connectivity index (χ0) is 15.1. The van der Waals surface area contributed by atoms with Crippen LogP contribution in [0, 0.1) is 17.8 Å². The van der Waals surface area contributed by atoms with Gasteiger partial charge in [-0.05, 0) is 43.9 Å². The van der Waals surface area contributed by atoms with Crippen LogP contribution in [0.15, 0.2) is 0 Å². The SMILES string of the molecule is CCC1CCC(NC(=O)N2C3CCC2C(C(=O)O)C3)C1C. The summed E-state index contributed by atoms with van der Waals surface area (Å²) in [6, 6.07) is 0.270. The molecule has 0 radical (unpaired) electrons. The highest BCUT2D eigenvalue weighted by Crippen LogP contribution is 2.42. The Morgan fingerprint density at radius 3 is 2.57 bits per heavy atom. The zero-order valence-corrected chi connectivity index (χ0v) is 12.9. The van der Waals surface area contributed by atoms with Gasteiger partial charge in [-0.15, -0.1) is 0 Å². The van der Waals surface area contributed by atoms with E-state index >= 15 is 0 Å². The molecule has 3 rings (SSSR count). The first-order valence-electron chi connectivity index (χ1n) is 8.34. The molecule has 6 unspecified atom stereocenters. The minimum atomic E-state index is -0.750. The van der Waals surface area contributed by atoms with Gasteiger partial charge in [-0.3, -0.25) is 4.79 Å². The van der Waals surface area contributed by atoms with Crippen molar-refractivity contribution in [2.75, 3.05) is 0 Å². The summed E-state index contributed by atoms with van der Waals surface area (Å²) in [6.07, 6.45) is 5.84. The van der Waals surface area contributed by atoms with Crippen molar-refractivity contribution in [3.8, 4) is 0 Å². The predicted octanol–water partition coefficient (Wildman–Crippen LogP) is 2.46. The van der Waals surface area contributed by atoms with Crippen LogP contribution < -0.4 is 5.32 Å². The average Bonchev–Trinajstić information content (AvgIpc) is 3.12. The van der Waals surface area contributed by atoms with E-state index in [2.05, 4.69) is 19.2 Å². The number of carboxylic acid groups (broad SMARTS) is 1. The van der Waals surface area contributed by atoms with E-state index in [1.807, 2.05) is 4.90 Å². The highest BCUT2D eigenvalue weighted by Gasteiger charge is 2.51. The van der Waals surface area contributed by atoms with Crippen LogP contribution in [0.5, 0.6) is 0 Å². The standard InChI is InChI=1S/C16H26N2O3/c1-3-10-4-6-13(9(10)2)17-16(21)18-11-5-7-14(18)12(8-11)15(19)20/h9-14H,3-8H2,1-2H3,(H,17,21)(H,19,20). The van der Waals surface area contributed by atoms with Crippen molar-refractivity contribution in [1.82, 2.24) is 10.2 Å². The third-order valence-electron chi connectivity index (χ3n) is 6.15. The molecule has 2 saturated heterocycles. The lowest BCUT2D eigenvalue weighted by atomic mass is 9.89. The van der Waals surface area contributed by atoms with Crippen molar-refractivity contribution in [1.29, 1.82) is 0 Å². The molecular weight excluding hydrogens is 268 g/mol. The van der Waals surface area contributed by atoms with Gasteiger partial charge in [0, 0.05) is 18.1 Å². The smallest absolute Gasteiger partial charge is 0.318 e. The Morgan fingerprint density at radius 1 is 1.24 bits per heavy atom. The second-order valence-corrected chi connectivity index (χ2v) is 7.05. The Morgan fingerprint density at radius 2 is 2.00 bits per heavy atom. The van der Waals surface area contributed by atoms with E-state index in [0.29, 0.717) is 18.3 Å². The molecule has 2 amide bonds. The summed E-state index contributed by atoms with van der Waals surface area (Å²) in [5.74, 6) is 0.117. The summed E-state index contributed by atoms with van der Waals surface area (Å²) in [5, 5.41) is 12.5. The van der Waals surface area contributed by atoms with E-state index in [4.69, 9.17) is 0 Å². The monoisotopic (exact) mass is 294 g/mol. The summed E-state index contributed by atoms with van der Waals surface area (Å²) in [6.45, 7) is 4.44. The molecule has 1 saturated carbocycles. The van der Waals surface area contributed by atoms with Crippen LogP contribution in [-0.4, -0.2) is 40.1 Å². The fraction of sp³-hybridized carbons (Fsp3) is 0.875. The third kappa shape index (κ3) is 2.40. The molecule has 118 valence electrons. The van der Waals surface area contributed by atoms with Crippen LogP contribution in [0.1, 0.15) is 52.4 Å². The van der Waals surface area contributed by atoms with Gasteiger partial charge in [-0.25, -0.2) is 4.79 Å². The molecule has 5 nitrogen and oxygen atoms in total. The number of nitrogens with zero attached hydrogens (tertiary/aromatic N) is 1. The Bertz CT molecular complexity index is 439. The highest BCUT2D eigenvalue weighted by molar-refractivity contribution is 5.79. The van der Waals surface area contributed by atoms with Gasteiger partial charge in [0.1, 0.15) is 0 Å². The van der Waals surface area contributed by atoms with Crippen molar-refractivity contribution in [2.45, 2.75) is 70.5 Å². The van der Waals surface area contributed by atoms with Crippen LogP contribution >= 0.6 is 0 Å². The molecule has 2 aliphatic heterocycles. The maximum atomic E-state index is 12.6. The number of carbonyl (C=O) groups excluding carboxylic acids is 1. The Hall–Kier alpha value is -1.26. The summed E-state index contributed by atoms with van der Waals surface area (Å²) in [7, 11) is 0. The Labute approximate surface area is 126 Å². The minimum absolute atomic E-state index is 0.0279. The van der Waals surface area contributed by atoms with Crippen molar-refractivity contribution in [3.63, 3.8) is 0 Å². The first-order valence-corrected chi connectivity index (χ1v) is 8.34. The van der Waals surface area contributed by atoms with E-state index in [-0.39, 0.29) is 30.1 Å². The molecule has 5 heteroatoms. The molecule has 6 atom stereocenters. The van der Waals surface area contributed by atoms with E-state index < -0.39 is 5.97 Å². The molecule has 3 aliphatic rings. The molecule has 0 aromatic carbocycles. The summed E-state index contributed by atoms with van der Waals surface area (Å²) < 4.78 is 0. The summed E-state index contributed by atoms with van der Waals surface area (Å²) in [4.78, 5) is 25.7. The van der Waals surface area contributed by atoms with E-state index in [9.17, 15) is 14.7 Å². The molecular formula is C16H26N2O3. The number of rotatable bonds is 3. The largest absolute Gasteiger partial charge is 0.481 e. The van der Waals surface area contributed by atoms with Crippen molar-refractivity contribution in [2.24, 2.45) is 17.8 Å². The zero-order valence-electron chi connectivity index (χ0n) is 12.9. The van der Waals surface area contributed by atoms with Crippen LogP contribution in [0.3, 0.4) is 0 Å². The number of amides is 2. The van der Waals surface area contributed by atoms with Gasteiger partial charge < -0.3 is 15.3 Å². The fourth-order valence-corrected chi connectivity index (χ4v) is 4.83. The third-order valence-corrected chi connectivity index (χ3v) is 6.15. The number of hydrogen-bond donors (Lipinski definition) is 2. The second-order valence-electron chi connectivity index (χ2n) is 7.05. The van der Waals surface area contributed by atoms with Gasteiger partial charge >= 0.3 is 12.0 Å². The number of carbonyl (C=O) groups is 2. The Kier molecular flexibility index (Phi) is 3.84. The van der Waals surface area contributed by atoms with E-state index in [0.717, 1.165) is 19.3 Å². The molecule has 2 heterocycles. The first-order chi connectivity index (χ1) is 10.0. The summed E-state index contributed by atoms with van der Waals surface area (Å²) >= 11 is 0. The lowest BCUT2D eigenvalue weighted by molar-refractivity contribution is -0.142. The highest BCUT2D eigenvalue weighted by atomic mass is 16.4. The van der Waals surface area contributed by atoms with Gasteiger partial charge in [0.25, 0.3) is 0 Å². The number of aliphatic carboxylic acids is 1. The Balaban J connectivity index is 1.63. The quantitative estimate of drug-likeness (QED) is 0.840. The summed E-state index contributed by atoms with van der Waals surface area (Å²) in [5.41, 5.74) is 0. The molecule has 0 spiro atoms. The second kappa shape index (κ2) is 5.50. The van der Waals surface area contributed by atoms with Crippen LogP contribution in [0.2, 0.25) is 0 Å². The van der Waals surface area contributed by atoms with Crippen LogP contribution in [0.4, 0.5) is 4.79 Å². The molecule has 0 aromatic heterocycles. The molecule has 1 aliphatic carbocycles. The van der Waals surface area contributed by atoms with Crippen molar-refractivity contribution in [3.05, 3.63) is 0 Å². The van der Waals surface area contributed by atoms with Gasteiger partial charge in [-0.2, -0.15) is 0 Å². The van der Waals surface area contributed by atoms with E-state index in [1.165, 1.54) is 12.8 Å². The topological polar surface area (TPSA) is 69.6 Å². The molecule has 0 aromatic rings. The van der Waals surface area contributed by atoms with Crippen LogP contribution in [-0.2, 0) is 4.79 Å². The van der Waals surface area contributed by atoms with E-state index in [1.54, 1.807) is 0 Å². The maximum absolute atomic E-state index is 12.6. The number of nitrogens with one attached hydrogen (secondary N) is 1. The number of fused-ring (bicyclic) bond motifs is 2. The molecule has 21 heavy (non-hydrogen) atoms. The number of urea groups is 1. The predicted molar refractivity (Wildman–Crippen MR) is 78.9 cm³/mol. The van der Waals surface area contributed by atoms with Gasteiger partial charge in [0.2, 0.25) is 0 Å². The molecule has 2 bridgehead atoms. The first kappa shape index (κ1) is 14.7. The molecule has 3 fully saturated rings. The van der Waals surface area contributed by atoms with Gasteiger partial charge in [0.15, 0.2) is 0 Å². The average molecular weight is 294 g/mol. The lowest BCUT2D eigenvalue weighted by Gasteiger charge is -2.28. The van der Waals surface area contributed by atoms with Crippen molar-refractivity contribution < 1.29 is 14.7 Å². The lowest BCUT2D eigenvalue weighted by Crippen LogP contribution is -2.48. The van der Waals surface area contributed by atoms with Gasteiger partial charge in [-0.1, -0.05) is 20.3 Å². The number of hydrogen-bond acceptors (Lipinski definition) is 2. The maximum Gasteiger partial charge on any atom is 0.318 e. The molecule has 2 N–H and O–H groups in total. The number of carboxylic acids is 1. The minimum Gasteiger partial charge on any atom is -0.481 e. The van der Waals surface area contributed by atoms with Crippen molar-refractivity contribution >= 4 is 12.0 Å². The fourth-order valence-electron chi connectivity index (χ4n) is 4.83. The normalized spacial score (nSPS) is 41.5. The van der Waals surface area contributed by atoms with Crippen LogP contribution in [0.25, 0.3) is 0 Å².